The molecule has 1 nitrogen and oxygen atoms in total. The van der Waals surface area contributed by atoms with Crippen molar-refractivity contribution in [2.24, 2.45) is 5.41 Å². The minimum absolute atomic E-state index is 0.0419. The molecule has 1 aliphatic carbocycles. The molecule has 0 saturated heterocycles. The van der Waals surface area contributed by atoms with Crippen LogP contribution in [-0.4, -0.2) is 6.54 Å². The average molecular weight is 304 g/mol. The Hall–Kier alpha value is -0.310. The van der Waals surface area contributed by atoms with Gasteiger partial charge >= 0.3 is 0 Å². The third kappa shape index (κ3) is 3.07. The molecule has 4 heteroatoms. The number of nitrogens with one attached hydrogen (secondary N) is 1. The minimum atomic E-state index is -0.413. The first-order valence-electron chi connectivity index (χ1n) is 6.86. The largest absolute Gasteiger partial charge is 0.310 e. The topological polar surface area (TPSA) is 12.0 Å². The fraction of sp³-hybridized carbons (Fsp3) is 0.600. The summed E-state index contributed by atoms with van der Waals surface area (Å²) >= 11 is 12.2. The molecular weight excluding hydrogens is 284 g/mol. The Balaban J connectivity index is 2.08. The van der Waals surface area contributed by atoms with E-state index in [9.17, 15) is 4.39 Å². The van der Waals surface area contributed by atoms with Crippen molar-refractivity contribution >= 4 is 23.2 Å². The highest BCUT2D eigenvalue weighted by Crippen LogP contribution is 2.43. The second-order valence-corrected chi connectivity index (χ2v) is 6.35. The van der Waals surface area contributed by atoms with Crippen LogP contribution in [0.1, 0.15) is 51.1 Å². The van der Waals surface area contributed by atoms with Crippen LogP contribution >= 0.6 is 23.2 Å². The molecule has 0 amide bonds. The molecule has 1 saturated carbocycles. The van der Waals surface area contributed by atoms with E-state index in [1.165, 1.54) is 31.7 Å². The van der Waals surface area contributed by atoms with Gasteiger partial charge in [-0.15, -0.1) is 0 Å². The summed E-state index contributed by atoms with van der Waals surface area (Å²) in [5.74, 6) is -0.413. The lowest BCUT2D eigenvalue weighted by molar-refractivity contribution is 0.120. The van der Waals surface area contributed by atoms with Crippen LogP contribution in [0, 0.1) is 11.2 Å². The molecule has 1 N–H and O–H groups in total. The van der Waals surface area contributed by atoms with E-state index in [4.69, 9.17) is 23.2 Å². The standard InChI is InChI=1S/C15H20Cl2FN/c1-3-15(7-4-8-15)9-19-10(2)13-11(16)5-6-12(18)14(13)17/h5-6,10,19H,3-4,7-9H2,1-2H3. The summed E-state index contributed by atoms with van der Waals surface area (Å²) in [7, 11) is 0. The lowest BCUT2D eigenvalue weighted by Crippen LogP contribution is -2.40. The molecular formula is C15H20Cl2FN. The maximum absolute atomic E-state index is 13.5. The molecule has 1 unspecified atom stereocenters. The van der Waals surface area contributed by atoms with E-state index < -0.39 is 5.82 Å². The Morgan fingerprint density at radius 1 is 1.37 bits per heavy atom. The van der Waals surface area contributed by atoms with Crippen LogP contribution in [0.25, 0.3) is 0 Å². The quantitative estimate of drug-likeness (QED) is 0.722. The van der Waals surface area contributed by atoms with Gasteiger partial charge in [0.2, 0.25) is 0 Å². The second-order valence-electron chi connectivity index (χ2n) is 5.57. The molecule has 19 heavy (non-hydrogen) atoms. The normalized spacial score (nSPS) is 19.0. The van der Waals surface area contributed by atoms with Gasteiger partial charge in [0.15, 0.2) is 0 Å². The van der Waals surface area contributed by atoms with Crippen LogP contribution in [0.4, 0.5) is 4.39 Å². The van der Waals surface area contributed by atoms with Gasteiger partial charge in [-0.1, -0.05) is 36.5 Å². The van der Waals surface area contributed by atoms with Crippen LogP contribution in [0.3, 0.4) is 0 Å². The van der Waals surface area contributed by atoms with Gasteiger partial charge in [-0.3, -0.25) is 0 Å². The number of halogens is 3. The predicted molar refractivity (Wildman–Crippen MR) is 79.4 cm³/mol. The zero-order valence-electron chi connectivity index (χ0n) is 11.4. The molecule has 0 bridgehead atoms. The zero-order valence-corrected chi connectivity index (χ0v) is 12.9. The highest BCUT2D eigenvalue weighted by atomic mass is 35.5. The highest BCUT2D eigenvalue weighted by molar-refractivity contribution is 6.36. The second kappa shape index (κ2) is 5.99. The third-order valence-electron chi connectivity index (χ3n) is 4.46. The number of benzene rings is 1. The van der Waals surface area contributed by atoms with Gasteiger partial charge in [0.05, 0.1) is 5.02 Å². The van der Waals surface area contributed by atoms with E-state index >= 15 is 0 Å². The molecule has 2 rings (SSSR count). The minimum Gasteiger partial charge on any atom is -0.310 e. The Bertz CT molecular complexity index is 452. The van der Waals surface area contributed by atoms with Crippen LogP contribution in [0.2, 0.25) is 10.0 Å². The molecule has 0 radical (unpaired) electrons. The fourth-order valence-corrected chi connectivity index (χ4v) is 3.44. The van der Waals surface area contributed by atoms with Gasteiger partial charge in [-0.2, -0.15) is 0 Å². The smallest absolute Gasteiger partial charge is 0.142 e. The van der Waals surface area contributed by atoms with E-state index in [0.717, 1.165) is 6.54 Å². The van der Waals surface area contributed by atoms with E-state index in [1.807, 2.05) is 6.92 Å². The van der Waals surface area contributed by atoms with Crippen LogP contribution in [-0.2, 0) is 0 Å². The Morgan fingerprint density at radius 3 is 2.58 bits per heavy atom. The van der Waals surface area contributed by atoms with E-state index in [1.54, 1.807) is 6.07 Å². The first-order chi connectivity index (χ1) is 8.99. The van der Waals surface area contributed by atoms with Gasteiger partial charge in [-0.25, -0.2) is 4.39 Å². The molecule has 0 heterocycles. The van der Waals surface area contributed by atoms with E-state index in [2.05, 4.69) is 12.2 Å². The van der Waals surface area contributed by atoms with Crippen LogP contribution in [0.5, 0.6) is 0 Å². The van der Waals surface area contributed by atoms with Gasteiger partial charge < -0.3 is 5.32 Å². The van der Waals surface area contributed by atoms with Crippen molar-refractivity contribution < 1.29 is 4.39 Å². The van der Waals surface area contributed by atoms with Gasteiger partial charge in [0, 0.05) is 23.2 Å². The zero-order chi connectivity index (χ0) is 14.0. The summed E-state index contributed by atoms with van der Waals surface area (Å²) in [5, 5.41) is 4.12. The van der Waals surface area contributed by atoms with Crippen LogP contribution in [0.15, 0.2) is 12.1 Å². The van der Waals surface area contributed by atoms with Crippen molar-refractivity contribution in [1.29, 1.82) is 0 Å². The molecule has 1 aromatic carbocycles. The lowest BCUT2D eigenvalue weighted by atomic mass is 9.67. The highest BCUT2D eigenvalue weighted by Gasteiger charge is 2.35. The summed E-state index contributed by atoms with van der Waals surface area (Å²) in [6, 6.07) is 2.83. The van der Waals surface area contributed by atoms with E-state index in [-0.39, 0.29) is 11.1 Å². The van der Waals surface area contributed by atoms with Crippen molar-refractivity contribution in [1.82, 2.24) is 5.32 Å². The van der Waals surface area contributed by atoms with Crippen molar-refractivity contribution in [3.63, 3.8) is 0 Å². The Morgan fingerprint density at radius 2 is 2.05 bits per heavy atom. The fourth-order valence-electron chi connectivity index (χ4n) is 2.74. The van der Waals surface area contributed by atoms with Crippen molar-refractivity contribution in [3.8, 4) is 0 Å². The summed E-state index contributed by atoms with van der Waals surface area (Å²) in [6.07, 6.45) is 5.03. The maximum Gasteiger partial charge on any atom is 0.142 e. The van der Waals surface area contributed by atoms with Crippen molar-refractivity contribution in [3.05, 3.63) is 33.6 Å². The Labute approximate surface area is 124 Å². The molecule has 106 valence electrons. The van der Waals surface area contributed by atoms with Crippen molar-refractivity contribution in [2.75, 3.05) is 6.54 Å². The molecule has 0 aromatic heterocycles. The molecule has 1 atom stereocenters. The lowest BCUT2D eigenvalue weighted by Gasteiger charge is -2.42. The number of hydrogen-bond acceptors (Lipinski definition) is 1. The summed E-state index contributed by atoms with van der Waals surface area (Å²) in [5.41, 5.74) is 1.08. The first-order valence-corrected chi connectivity index (χ1v) is 7.61. The number of rotatable bonds is 5. The van der Waals surface area contributed by atoms with Gasteiger partial charge in [0.25, 0.3) is 0 Å². The number of hydrogen-bond donors (Lipinski definition) is 1. The summed E-state index contributed by atoms with van der Waals surface area (Å²) in [4.78, 5) is 0. The van der Waals surface area contributed by atoms with E-state index in [0.29, 0.717) is 16.0 Å². The maximum atomic E-state index is 13.5. The van der Waals surface area contributed by atoms with Gasteiger partial charge in [0.1, 0.15) is 5.82 Å². The SMILES string of the molecule is CCC1(CNC(C)c2c(Cl)ccc(F)c2Cl)CCC1. The molecule has 1 aliphatic rings. The summed E-state index contributed by atoms with van der Waals surface area (Å²) in [6.45, 7) is 5.15. The monoisotopic (exact) mass is 303 g/mol. The van der Waals surface area contributed by atoms with Crippen LogP contribution < -0.4 is 5.32 Å². The third-order valence-corrected chi connectivity index (χ3v) is 5.17. The first kappa shape index (κ1) is 15.1. The summed E-state index contributed by atoms with van der Waals surface area (Å²) < 4.78 is 13.5. The average Bonchev–Trinajstić information content (AvgIpc) is 2.34. The molecule has 1 fully saturated rings. The molecule has 1 aromatic rings. The Kier molecular flexibility index (Phi) is 4.75. The van der Waals surface area contributed by atoms with Gasteiger partial charge in [-0.05, 0) is 43.7 Å². The molecule has 0 aliphatic heterocycles. The van der Waals surface area contributed by atoms with Crippen molar-refractivity contribution in [2.45, 2.75) is 45.6 Å². The molecule has 0 spiro atoms. The predicted octanol–water partition coefficient (Wildman–Crippen LogP) is 5.36.